The van der Waals surface area contributed by atoms with E-state index in [0.29, 0.717) is 0 Å². The molecule has 0 radical (unpaired) electrons. The summed E-state index contributed by atoms with van der Waals surface area (Å²) in [5.74, 6) is -0.195. The number of esters is 1. The second-order valence-electron chi connectivity index (χ2n) is 5.41. The van der Waals surface area contributed by atoms with Gasteiger partial charge in [0.25, 0.3) is 0 Å². The molecule has 1 atom stereocenters. The molecule has 4 heteroatoms. The van der Waals surface area contributed by atoms with Crippen LogP contribution in [-0.4, -0.2) is 23.1 Å². The van der Waals surface area contributed by atoms with Crippen LogP contribution in [0.5, 0.6) is 0 Å². The van der Waals surface area contributed by atoms with Crippen molar-refractivity contribution in [2.45, 2.75) is 58.5 Å². The lowest BCUT2D eigenvalue weighted by atomic mass is 9.78. The maximum Gasteiger partial charge on any atom is 0.331 e. The van der Waals surface area contributed by atoms with Crippen LogP contribution >= 0.6 is 0 Å². The molecule has 0 aromatic carbocycles. The van der Waals surface area contributed by atoms with Crippen LogP contribution in [-0.2, 0) is 14.3 Å². The lowest BCUT2D eigenvalue weighted by Crippen LogP contribution is -2.26. The van der Waals surface area contributed by atoms with E-state index in [9.17, 15) is 9.59 Å². The van der Waals surface area contributed by atoms with Gasteiger partial charge >= 0.3 is 11.9 Å². The van der Waals surface area contributed by atoms with Gasteiger partial charge in [-0.1, -0.05) is 26.7 Å². The number of ether oxygens (including phenoxy) is 1. The molecule has 0 aromatic rings. The van der Waals surface area contributed by atoms with Crippen molar-refractivity contribution in [2.75, 3.05) is 0 Å². The maximum absolute atomic E-state index is 11.4. The highest BCUT2D eigenvalue weighted by molar-refractivity contribution is 5.90. The van der Waals surface area contributed by atoms with Crippen molar-refractivity contribution in [1.29, 1.82) is 0 Å². The zero-order chi connectivity index (χ0) is 14.3. The quantitative estimate of drug-likeness (QED) is 0.593. The largest absolute Gasteiger partial charge is 0.478 e. The van der Waals surface area contributed by atoms with Crippen molar-refractivity contribution in [1.82, 2.24) is 0 Å². The van der Waals surface area contributed by atoms with Gasteiger partial charge in [-0.2, -0.15) is 0 Å². The second-order valence-corrected chi connectivity index (χ2v) is 5.41. The van der Waals surface area contributed by atoms with Gasteiger partial charge in [-0.25, -0.2) is 9.59 Å². The maximum atomic E-state index is 11.4. The molecule has 0 aliphatic heterocycles. The first kappa shape index (κ1) is 15.7. The molecular formula is C15H24O4. The molecule has 0 bridgehead atoms. The highest BCUT2D eigenvalue weighted by Gasteiger charge is 2.26. The summed E-state index contributed by atoms with van der Waals surface area (Å²) in [7, 11) is 0. The summed E-state index contributed by atoms with van der Waals surface area (Å²) in [5.41, 5.74) is 0. The van der Waals surface area contributed by atoms with Crippen LogP contribution in [0.4, 0.5) is 0 Å². The number of aliphatic carboxylic acids is 1. The molecule has 1 saturated carbocycles. The smallest absolute Gasteiger partial charge is 0.331 e. The van der Waals surface area contributed by atoms with E-state index in [1.54, 1.807) is 0 Å². The molecule has 1 N–H and O–H groups in total. The van der Waals surface area contributed by atoms with Gasteiger partial charge in [-0.05, 0) is 37.5 Å². The first-order valence-electron chi connectivity index (χ1n) is 7.14. The Hall–Kier alpha value is -1.32. The van der Waals surface area contributed by atoms with Crippen LogP contribution in [0.3, 0.4) is 0 Å². The van der Waals surface area contributed by atoms with E-state index in [2.05, 4.69) is 13.8 Å². The van der Waals surface area contributed by atoms with Gasteiger partial charge in [-0.15, -0.1) is 0 Å². The highest BCUT2D eigenvalue weighted by Crippen LogP contribution is 2.33. The van der Waals surface area contributed by atoms with Gasteiger partial charge in [0.05, 0.1) is 0 Å². The number of hydrogen-bond donors (Lipinski definition) is 1. The lowest BCUT2D eigenvalue weighted by Gasteiger charge is -2.31. The summed E-state index contributed by atoms with van der Waals surface area (Å²) in [6.07, 6.45) is 8.22. The molecule has 108 valence electrons. The molecular weight excluding hydrogens is 244 g/mol. The van der Waals surface area contributed by atoms with Gasteiger partial charge in [0.1, 0.15) is 6.10 Å². The number of carbonyl (C=O) groups excluding carboxylic acids is 1. The predicted octanol–water partition coefficient (Wildman–Crippen LogP) is 3.17. The van der Waals surface area contributed by atoms with E-state index in [4.69, 9.17) is 9.84 Å². The summed E-state index contributed by atoms with van der Waals surface area (Å²) in [6.45, 7) is 4.51. The fourth-order valence-corrected chi connectivity index (χ4v) is 2.81. The standard InChI is InChI=1S/C15H24O4/c1-3-4-11(2)12-5-7-13(8-6-12)19-15(18)10-9-14(16)17/h9-13H,3-8H2,1-2H3,(H,16,17)/b10-9+. The third kappa shape index (κ3) is 5.90. The summed E-state index contributed by atoms with van der Waals surface area (Å²) in [5, 5.41) is 8.42. The number of carbonyl (C=O) groups is 2. The van der Waals surface area contributed by atoms with Crippen molar-refractivity contribution in [2.24, 2.45) is 11.8 Å². The van der Waals surface area contributed by atoms with E-state index in [-0.39, 0.29) is 6.10 Å². The first-order chi connectivity index (χ1) is 9.02. The number of carboxylic acid groups (broad SMARTS) is 1. The Labute approximate surface area is 114 Å². The Bertz CT molecular complexity index is 327. The Kier molecular flexibility index (Phi) is 6.60. The first-order valence-corrected chi connectivity index (χ1v) is 7.14. The Morgan fingerprint density at radius 1 is 1.26 bits per heavy atom. The third-order valence-corrected chi connectivity index (χ3v) is 3.91. The zero-order valence-corrected chi connectivity index (χ0v) is 11.8. The van der Waals surface area contributed by atoms with Crippen LogP contribution in [0.1, 0.15) is 52.4 Å². The predicted molar refractivity (Wildman–Crippen MR) is 72.7 cm³/mol. The molecule has 0 heterocycles. The summed E-state index contributed by atoms with van der Waals surface area (Å²) < 4.78 is 5.24. The molecule has 4 nitrogen and oxygen atoms in total. The molecule has 0 aromatic heterocycles. The van der Waals surface area contributed by atoms with Crippen molar-refractivity contribution in [3.63, 3.8) is 0 Å². The van der Waals surface area contributed by atoms with Gasteiger partial charge in [-0.3, -0.25) is 0 Å². The topological polar surface area (TPSA) is 63.6 Å². The molecule has 1 aliphatic carbocycles. The SMILES string of the molecule is CCCC(C)C1CCC(OC(=O)/C=C/C(=O)O)CC1. The highest BCUT2D eigenvalue weighted by atomic mass is 16.5. The number of rotatable bonds is 6. The average Bonchev–Trinajstić information content (AvgIpc) is 2.37. The molecule has 1 rings (SSSR count). The molecule has 1 unspecified atom stereocenters. The fourth-order valence-electron chi connectivity index (χ4n) is 2.81. The third-order valence-electron chi connectivity index (χ3n) is 3.91. The molecule has 0 spiro atoms. The number of carboxylic acids is 1. The van der Waals surface area contributed by atoms with E-state index in [0.717, 1.165) is 49.7 Å². The minimum absolute atomic E-state index is 0.0454. The van der Waals surface area contributed by atoms with Crippen LogP contribution in [0.15, 0.2) is 12.2 Å². The van der Waals surface area contributed by atoms with Crippen LogP contribution in [0, 0.1) is 11.8 Å². The van der Waals surface area contributed by atoms with E-state index in [1.165, 1.54) is 12.8 Å². The molecule has 0 amide bonds. The Balaban J connectivity index is 2.30. The molecule has 1 fully saturated rings. The number of hydrogen-bond acceptors (Lipinski definition) is 3. The van der Waals surface area contributed by atoms with Crippen LogP contribution in [0.25, 0.3) is 0 Å². The summed E-state index contributed by atoms with van der Waals surface area (Å²) >= 11 is 0. The van der Waals surface area contributed by atoms with Gasteiger partial charge in [0.2, 0.25) is 0 Å². The minimum atomic E-state index is -1.13. The Morgan fingerprint density at radius 2 is 1.89 bits per heavy atom. The minimum Gasteiger partial charge on any atom is -0.478 e. The van der Waals surface area contributed by atoms with E-state index in [1.807, 2.05) is 0 Å². The van der Waals surface area contributed by atoms with Gasteiger partial charge in [0.15, 0.2) is 0 Å². The van der Waals surface area contributed by atoms with Crippen molar-refractivity contribution < 1.29 is 19.4 Å². The summed E-state index contributed by atoms with van der Waals surface area (Å²) in [4.78, 5) is 21.6. The van der Waals surface area contributed by atoms with Crippen molar-refractivity contribution in [3.05, 3.63) is 12.2 Å². The molecule has 19 heavy (non-hydrogen) atoms. The van der Waals surface area contributed by atoms with Crippen molar-refractivity contribution >= 4 is 11.9 Å². The fraction of sp³-hybridized carbons (Fsp3) is 0.733. The normalized spacial score (nSPS) is 25.2. The van der Waals surface area contributed by atoms with Gasteiger partial charge in [0, 0.05) is 12.2 Å². The zero-order valence-electron chi connectivity index (χ0n) is 11.8. The second kappa shape index (κ2) is 7.97. The van der Waals surface area contributed by atoms with Gasteiger partial charge < -0.3 is 9.84 Å². The van der Waals surface area contributed by atoms with Crippen LogP contribution < -0.4 is 0 Å². The summed E-state index contributed by atoms with van der Waals surface area (Å²) in [6, 6.07) is 0. The van der Waals surface area contributed by atoms with E-state index < -0.39 is 11.9 Å². The van der Waals surface area contributed by atoms with E-state index >= 15 is 0 Å². The average molecular weight is 268 g/mol. The lowest BCUT2D eigenvalue weighted by molar-refractivity contribution is -0.145. The monoisotopic (exact) mass is 268 g/mol. The Morgan fingerprint density at radius 3 is 2.42 bits per heavy atom. The molecule has 1 aliphatic rings. The van der Waals surface area contributed by atoms with Crippen molar-refractivity contribution in [3.8, 4) is 0 Å². The van der Waals surface area contributed by atoms with Crippen LogP contribution in [0.2, 0.25) is 0 Å². The molecule has 0 saturated heterocycles.